The summed E-state index contributed by atoms with van der Waals surface area (Å²) in [6.45, 7) is 4.08. The van der Waals surface area contributed by atoms with Gasteiger partial charge in [0.1, 0.15) is 11.6 Å². The van der Waals surface area contributed by atoms with Crippen molar-refractivity contribution in [3.63, 3.8) is 0 Å². The zero-order valence-electron chi connectivity index (χ0n) is 13.1. The maximum absolute atomic E-state index is 12.2. The number of aryl methyl sites for hydroxylation is 2. The Morgan fingerprint density at radius 3 is 2.87 bits per heavy atom. The first-order valence-corrected chi connectivity index (χ1v) is 7.45. The van der Waals surface area contributed by atoms with Gasteiger partial charge in [0.25, 0.3) is 0 Å². The van der Waals surface area contributed by atoms with E-state index in [1.807, 2.05) is 38.1 Å². The Hall–Kier alpha value is -2.67. The van der Waals surface area contributed by atoms with Gasteiger partial charge in [-0.3, -0.25) is 9.89 Å². The van der Waals surface area contributed by atoms with Crippen molar-refractivity contribution in [3.8, 4) is 0 Å². The number of para-hydroxylation sites is 2. The molecule has 2 heterocycles. The first-order valence-electron chi connectivity index (χ1n) is 7.45. The SMILES string of the molecule is Cc1n[nH]c(C)c1C(N)C(=O)NCCc1nc2ccccc2o1. The average molecular weight is 313 g/mol. The molecule has 0 spiro atoms. The molecule has 3 rings (SSSR count). The molecule has 2 aromatic heterocycles. The summed E-state index contributed by atoms with van der Waals surface area (Å²) in [5.74, 6) is 0.351. The Labute approximate surface area is 133 Å². The quantitative estimate of drug-likeness (QED) is 0.661. The molecule has 3 aromatic rings. The van der Waals surface area contributed by atoms with E-state index in [0.717, 1.165) is 28.1 Å². The number of carbonyl (C=O) groups excluding carboxylic acids is 1. The molecule has 0 aliphatic carbocycles. The molecule has 0 aliphatic rings. The number of nitrogens with zero attached hydrogens (tertiary/aromatic N) is 2. The molecule has 1 atom stereocenters. The Bertz CT molecular complexity index is 783. The van der Waals surface area contributed by atoms with Crippen molar-refractivity contribution in [2.24, 2.45) is 5.73 Å². The van der Waals surface area contributed by atoms with Crippen molar-refractivity contribution in [2.45, 2.75) is 26.3 Å². The van der Waals surface area contributed by atoms with E-state index in [1.165, 1.54) is 0 Å². The molecule has 23 heavy (non-hydrogen) atoms. The highest BCUT2D eigenvalue weighted by Crippen LogP contribution is 2.18. The van der Waals surface area contributed by atoms with E-state index in [1.54, 1.807) is 0 Å². The number of H-pyrrole nitrogens is 1. The molecule has 4 N–H and O–H groups in total. The molecule has 1 unspecified atom stereocenters. The van der Waals surface area contributed by atoms with Crippen LogP contribution in [0.5, 0.6) is 0 Å². The van der Waals surface area contributed by atoms with E-state index in [0.29, 0.717) is 18.9 Å². The van der Waals surface area contributed by atoms with Gasteiger partial charge in [-0.25, -0.2) is 4.98 Å². The van der Waals surface area contributed by atoms with Gasteiger partial charge < -0.3 is 15.5 Å². The number of fused-ring (bicyclic) bond motifs is 1. The lowest BCUT2D eigenvalue weighted by molar-refractivity contribution is -0.122. The second-order valence-corrected chi connectivity index (χ2v) is 5.44. The van der Waals surface area contributed by atoms with Crippen molar-refractivity contribution in [3.05, 3.63) is 47.1 Å². The molecular formula is C16H19N5O2. The number of carbonyl (C=O) groups is 1. The summed E-state index contributed by atoms with van der Waals surface area (Å²) in [6.07, 6.45) is 0.510. The van der Waals surface area contributed by atoms with E-state index < -0.39 is 6.04 Å². The molecule has 0 saturated carbocycles. The number of rotatable bonds is 5. The van der Waals surface area contributed by atoms with Crippen LogP contribution in [-0.2, 0) is 11.2 Å². The first-order chi connectivity index (χ1) is 11.1. The third-order valence-electron chi connectivity index (χ3n) is 3.75. The number of amides is 1. The van der Waals surface area contributed by atoms with Gasteiger partial charge in [-0.2, -0.15) is 5.10 Å². The largest absolute Gasteiger partial charge is 0.441 e. The molecule has 0 radical (unpaired) electrons. The molecular weight excluding hydrogens is 294 g/mol. The standard InChI is InChI=1S/C16H19N5O2/c1-9-14(10(2)21-20-9)15(17)16(22)18-8-7-13-19-11-5-3-4-6-12(11)23-13/h3-6,15H,7-8,17H2,1-2H3,(H,18,22)(H,20,21). The fraction of sp³-hybridized carbons (Fsp3) is 0.312. The lowest BCUT2D eigenvalue weighted by Gasteiger charge is -2.12. The number of aromatic nitrogens is 3. The Morgan fingerprint density at radius 2 is 2.17 bits per heavy atom. The molecule has 1 aromatic carbocycles. The number of hydrogen-bond donors (Lipinski definition) is 3. The van der Waals surface area contributed by atoms with Crippen molar-refractivity contribution in [2.75, 3.05) is 6.54 Å². The van der Waals surface area contributed by atoms with E-state index in [-0.39, 0.29) is 5.91 Å². The van der Waals surface area contributed by atoms with E-state index in [9.17, 15) is 4.79 Å². The summed E-state index contributed by atoms with van der Waals surface area (Å²) in [6, 6.07) is 6.82. The number of aromatic amines is 1. The van der Waals surface area contributed by atoms with Gasteiger partial charge in [0.15, 0.2) is 11.5 Å². The summed E-state index contributed by atoms with van der Waals surface area (Å²) >= 11 is 0. The Balaban J connectivity index is 1.58. The number of oxazole rings is 1. The summed E-state index contributed by atoms with van der Waals surface area (Å²) in [5.41, 5.74) is 9.86. The van der Waals surface area contributed by atoms with E-state index >= 15 is 0 Å². The van der Waals surface area contributed by atoms with Crippen LogP contribution in [0.25, 0.3) is 11.1 Å². The molecule has 0 aliphatic heterocycles. The molecule has 7 nitrogen and oxygen atoms in total. The number of nitrogens with one attached hydrogen (secondary N) is 2. The fourth-order valence-electron chi connectivity index (χ4n) is 2.58. The first kappa shape index (κ1) is 15.2. The molecule has 1 amide bonds. The highest BCUT2D eigenvalue weighted by atomic mass is 16.3. The second-order valence-electron chi connectivity index (χ2n) is 5.44. The minimum atomic E-state index is -0.739. The van der Waals surface area contributed by atoms with Crippen LogP contribution >= 0.6 is 0 Å². The van der Waals surface area contributed by atoms with Crippen LogP contribution in [0.15, 0.2) is 28.7 Å². The van der Waals surface area contributed by atoms with Gasteiger partial charge in [-0.05, 0) is 26.0 Å². The van der Waals surface area contributed by atoms with Crippen LogP contribution in [0, 0.1) is 13.8 Å². The van der Waals surface area contributed by atoms with Crippen LogP contribution < -0.4 is 11.1 Å². The fourth-order valence-corrected chi connectivity index (χ4v) is 2.58. The van der Waals surface area contributed by atoms with Gasteiger partial charge in [0.05, 0.1) is 5.69 Å². The van der Waals surface area contributed by atoms with Crippen LogP contribution in [0.2, 0.25) is 0 Å². The maximum atomic E-state index is 12.2. The second kappa shape index (κ2) is 6.21. The van der Waals surface area contributed by atoms with Gasteiger partial charge >= 0.3 is 0 Å². The summed E-state index contributed by atoms with van der Waals surface area (Å²) < 4.78 is 5.61. The normalized spacial score (nSPS) is 12.5. The van der Waals surface area contributed by atoms with Crippen LogP contribution in [-0.4, -0.2) is 27.6 Å². The minimum Gasteiger partial charge on any atom is -0.441 e. The number of benzene rings is 1. The van der Waals surface area contributed by atoms with Crippen molar-refractivity contribution in [1.82, 2.24) is 20.5 Å². The van der Waals surface area contributed by atoms with E-state index in [4.69, 9.17) is 10.2 Å². The van der Waals surface area contributed by atoms with Crippen molar-refractivity contribution < 1.29 is 9.21 Å². The van der Waals surface area contributed by atoms with Gasteiger partial charge in [-0.1, -0.05) is 12.1 Å². The molecule has 0 saturated heterocycles. The third kappa shape index (κ3) is 3.09. The van der Waals surface area contributed by atoms with Crippen molar-refractivity contribution >= 4 is 17.0 Å². The Kier molecular flexibility index (Phi) is 4.12. The molecule has 0 fully saturated rings. The number of nitrogens with two attached hydrogens (primary N) is 1. The minimum absolute atomic E-state index is 0.242. The predicted molar refractivity (Wildman–Crippen MR) is 85.7 cm³/mol. The number of hydrogen-bond acceptors (Lipinski definition) is 5. The van der Waals surface area contributed by atoms with Gasteiger partial charge in [0, 0.05) is 24.2 Å². The molecule has 7 heteroatoms. The highest BCUT2D eigenvalue weighted by Gasteiger charge is 2.21. The van der Waals surface area contributed by atoms with Gasteiger partial charge in [0.2, 0.25) is 5.91 Å². The Morgan fingerprint density at radius 1 is 1.39 bits per heavy atom. The highest BCUT2D eigenvalue weighted by molar-refractivity contribution is 5.83. The third-order valence-corrected chi connectivity index (χ3v) is 3.75. The van der Waals surface area contributed by atoms with Crippen LogP contribution in [0.4, 0.5) is 0 Å². The summed E-state index contributed by atoms with van der Waals surface area (Å²) in [5, 5.41) is 9.71. The lowest BCUT2D eigenvalue weighted by atomic mass is 10.1. The summed E-state index contributed by atoms with van der Waals surface area (Å²) in [7, 11) is 0. The molecule has 120 valence electrons. The summed E-state index contributed by atoms with van der Waals surface area (Å²) in [4.78, 5) is 16.5. The topological polar surface area (TPSA) is 110 Å². The maximum Gasteiger partial charge on any atom is 0.241 e. The van der Waals surface area contributed by atoms with Crippen LogP contribution in [0.1, 0.15) is 28.9 Å². The van der Waals surface area contributed by atoms with Crippen molar-refractivity contribution in [1.29, 1.82) is 0 Å². The average Bonchev–Trinajstić information content (AvgIpc) is 3.09. The predicted octanol–water partition coefficient (Wildman–Crippen LogP) is 1.53. The molecule has 0 bridgehead atoms. The van der Waals surface area contributed by atoms with E-state index in [2.05, 4.69) is 20.5 Å². The van der Waals surface area contributed by atoms with Crippen LogP contribution in [0.3, 0.4) is 0 Å². The lowest BCUT2D eigenvalue weighted by Crippen LogP contribution is -2.35. The van der Waals surface area contributed by atoms with Gasteiger partial charge in [-0.15, -0.1) is 0 Å². The monoisotopic (exact) mass is 313 g/mol. The smallest absolute Gasteiger partial charge is 0.241 e. The zero-order valence-corrected chi connectivity index (χ0v) is 13.1. The zero-order chi connectivity index (χ0) is 16.4.